The lowest BCUT2D eigenvalue weighted by atomic mass is 10.2. The van der Waals surface area contributed by atoms with Crippen molar-refractivity contribution in [3.63, 3.8) is 0 Å². The van der Waals surface area contributed by atoms with Crippen LogP contribution in [0.15, 0.2) is 47.4 Å². The number of carbonyl (C=O) groups is 1. The van der Waals surface area contributed by atoms with Crippen molar-refractivity contribution in [3.05, 3.63) is 53.8 Å². The van der Waals surface area contributed by atoms with Crippen LogP contribution in [0.2, 0.25) is 0 Å². The summed E-state index contributed by atoms with van der Waals surface area (Å²) < 4.78 is 36.6. The summed E-state index contributed by atoms with van der Waals surface area (Å²) in [5.74, 6) is -1.30. The van der Waals surface area contributed by atoms with Crippen molar-refractivity contribution >= 4 is 27.1 Å². The smallest absolute Gasteiger partial charge is 0.255 e. The van der Waals surface area contributed by atoms with Crippen LogP contribution >= 0.6 is 0 Å². The number of hydrogen-bond donors (Lipinski definition) is 2. The van der Waals surface area contributed by atoms with Gasteiger partial charge in [0.05, 0.1) is 10.6 Å². The Labute approximate surface area is 121 Å². The van der Waals surface area contributed by atoms with E-state index in [1.165, 1.54) is 12.1 Å². The number of sulfone groups is 1. The van der Waals surface area contributed by atoms with Gasteiger partial charge < -0.3 is 11.1 Å². The first-order valence-electron chi connectivity index (χ1n) is 5.94. The predicted molar refractivity (Wildman–Crippen MR) is 78.3 cm³/mol. The Morgan fingerprint density at radius 1 is 1.19 bits per heavy atom. The van der Waals surface area contributed by atoms with E-state index in [-0.39, 0.29) is 16.1 Å². The van der Waals surface area contributed by atoms with E-state index in [2.05, 4.69) is 5.32 Å². The van der Waals surface area contributed by atoms with Crippen molar-refractivity contribution in [2.45, 2.75) is 4.90 Å². The lowest BCUT2D eigenvalue weighted by Gasteiger charge is -2.08. The van der Waals surface area contributed by atoms with Gasteiger partial charge in [0.1, 0.15) is 5.82 Å². The molecule has 0 aromatic heterocycles. The number of anilines is 2. The summed E-state index contributed by atoms with van der Waals surface area (Å²) >= 11 is 0. The Balaban J connectivity index is 2.33. The van der Waals surface area contributed by atoms with Crippen molar-refractivity contribution in [3.8, 4) is 0 Å². The minimum absolute atomic E-state index is 0.0771. The number of carbonyl (C=O) groups excluding carboxylic acids is 1. The zero-order chi connectivity index (χ0) is 15.6. The molecule has 2 aromatic rings. The fraction of sp³-hybridized carbons (Fsp3) is 0.0714. The molecule has 5 nitrogen and oxygen atoms in total. The molecule has 0 atom stereocenters. The maximum atomic E-state index is 13.7. The van der Waals surface area contributed by atoms with Crippen LogP contribution in [-0.2, 0) is 9.84 Å². The molecule has 0 spiro atoms. The molecule has 2 rings (SSSR count). The minimum Gasteiger partial charge on any atom is -0.399 e. The fourth-order valence-corrected chi connectivity index (χ4v) is 2.35. The van der Waals surface area contributed by atoms with Crippen LogP contribution in [0.3, 0.4) is 0 Å². The molecule has 0 heterocycles. The second-order valence-corrected chi connectivity index (χ2v) is 6.51. The van der Waals surface area contributed by atoms with Gasteiger partial charge in [-0.2, -0.15) is 0 Å². The maximum absolute atomic E-state index is 13.7. The van der Waals surface area contributed by atoms with Crippen molar-refractivity contribution in [2.75, 3.05) is 17.3 Å². The highest BCUT2D eigenvalue weighted by Crippen LogP contribution is 2.20. The van der Waals surface area contributed by atoms with Gasteiger partial charge in [-0.15, -0.1) is 0 Å². The molecule has 110 valence electrons. The van der Waals surface area contributed by atoms with Gasteiger partial charge >= 0.3 is 0 Å². The zero-order valence-corrected chi connectivity index (χ0v) is 11.9. The third-order valence-corrected chi connectivity index (χ3v) is 3.87. The average molecular weight is 308 g/mol. The highest BCUT2D eigenvalue weighted by Gasteiger charge is 2.14. The SMILES string of the molecule is CS(=O)(=O)c1ccc(F)c(NC(=O)c2cccc(N)c2)c1. The topological polar surface area (TPSA) is 89.3 Å². The van der Waals surface area contributed by atoms with Crippen molar-refractivity contribution < 1.29 is 17.6 Å². The molecule has 7 heteroatoms. The normalized spacial score (nSPS) is 11.1. The number of amides is 1. The molecular weight excluding hydrogens is 295 g/mol. The van der Waals surface area contributed by atoms with Crippen LogP contribution in [0.1, 0.15) is 10.4 Å². The molecule has 0 aliphatic heterocycles. The standard InChI is InChI=1S/C14H13FN2O3S/c1-21(19,20)11-5-6-12(15)13(8-11)17-14(18)9-3-2-4-10(16)7-9/h2-8H,16H2,1H3,(H,17,18). The number of rotatable bonds is 3. The van der Waals surface area contributed by atoms with Gasteiger partial charge in [0.25, 0.3) is 5.91 Å². The largest absolute Gasteiger partial charge is 0.399 e. The molecule has 1 amide bonds. The minimum atomic E-state index is -3.49. The third kappa shape index (κ3) is 3.57. The molecule has 0 radical (unpaired) electrons. The molecular formula is C14H13FN2O3S. The first-order chi connectivity index (χ1) is 9.77. The van der Waals surface area contributed by atoms with E-state index in [1.54, 1.807) is 12.1 Å². The van der Waals surface area contributed by atoms with Crippen LogP contribution in [-0.4, -0.2) is 20.6 Å². The summed E-state index contributed by atoms with van der Waals surface area (Å²) in [4.78, 5) is 11.9. The predicted octanol–water partition coefficient (Wildman–Crippen LogP) is 2.06. The van der Waals surface area contributed by atoms with Gasteiger partial charge in [0, 0.05) is 17.5 Å². The van der Waals surface area contributed by atoms with Crippen LogP contribution in [0.4, 0.5) is 15.8 Å². The number of nitrogens with one attached hydrogen (secondary N) is 1. The molecule has 0 saturated heterocycles. The van der Waals surface area contributed by atoms with Crippen LogP contribution < -0.4 is 11.1 Å². The maximum Gasteiger partial charge on any atom is 0.255 e. The molecule has 0 aliphatic rings. The van der Waals surface area contributed by atoms with E-state index in [9.17, 15) is 17.6 Å². The molecule has 3 N–H and O–H groups in total. The highest BCUT2D eigenvalue weighted by molar-refractivity contribution is 7.90. The van der Waals surface area contributed by atoms with Gasteiger partial charge in [-0.05, 0) is 36.4 Å². The van der Waals surface area contributed by atoms with E-state index in [0.29, 0.717) is 5.69 Å². The summed E-state index contributed by atoms with van der Waals surface area (Å²) in [7, 11) is -3.49. The number of hydrogen-bond acceptors (Lipinski definition) is 4. The van der Waals surface area contributed by atoms with E-state index < -0.39 is 21.6 Å². The van der Waals surface area contributed by atoms with Crippen LogP contribution in [0.25, 0.3) is 0 Å². The van der Waals surface area contributed by atoms with Gasteiger partial charge in [0.15, 0.2) is 9.84 Å². The van der Waals surface area contributed by atoms with Crippen LogP contribution in [0.5, 0.6) is 0 Å². The third-order valence-electron chi connectivity index (χ3n) is 2.76. The summed E-state index contributed by atoms with van der Waals surface area (Å²) in [6.07, 6.45) is 1.00. The summed E-state index contributed by atoms with van der Waals surface area (Å²) in [6, 6.07) is 9.37. The van der Waals surface area contributed by atoms with Gasteiger partial charge in [-0.1, -0.05) is 6.07 Å². The Kier molecular flexibility index (Phi) is 3.95. The Morgan fingerprint density at radius 3 is 2.52 bits per heavy atom. The number of benzene rings is 2. The first-order valence-corrected chi connectivity index (χ1v) is 7.83. The highest BCUT2D eigenvalue weighted by atomic mass is 32.2. The van der Waals surface area contributed by atoms with E-state index in [4.69, 9.17) is 5.73 Å². The van der Waals surface area contributed by atoms with Gasteiger partial charge in [-0.25, -0.2) is 12.8 Å². The lowest BCUT2D eigenvalue weighted by molar-refractivity contribution is 0.102. The zero-order valence-electron chi connectivity index (χ0n) is 11.1. The molecule has 0 fully saturated rings. The van der Waals surface area contributed by atoms with E-state index >= 15 is 0 Å². The molecule has 0 aliphatic carbocycles. The lowest BCUT2D eigenvalue weighted by Crippen LogP contribution is -2.14. The monoisotopic (exact) mass is 308 g/mol. The van der Waals surface area contributed by atoms with E-state index in [0.717, 1.165) is 24.5 Å². The average Bonchev–Trinajstić information content (AvgIpc) is 2.40. The quantitative estimate of drug-likeness (QED) is 0.671. The van der Waals surface area contributed by atoms with Crippen molar-refractivity contribution in [1.29, 1.82) is 0 Å². The fourth-order valence-electron chi connectivity index (χ4n) is 1.71. The molecule has 0 unspecified atom stereocenters. The van der Waals surface area contributed by atoms with Gasteiger partial charge in [0.2, 0.25) is 0 Å². The summed E-state index contributed by atoms with van der Waals surface area (Å²) in [6.45, 7) is 0. The Morgan fingerprint density at radius 2 is 1.90 bits per heavy atom. The van der Waals surface area contributed by atoms with E-state index in [1.807, 2.05) is 0 Å². The number of halogens is 1. The molecule has 0 saturated carbocycles. The first kappa shape index (κ1) is 15.0. The number of nitrogen functional groups attached to an aromatic ring is 1. The second kappa shape index (κ2) is 5.53. The second-order valence-electron chi connectivity index (χ2n) is 4.49. The summed E-state index contributed by atoms with van der Waals surface area (Å²) in [5, 5.41) is 2.33. The number of nitrogens with two attached hydrogens (primary N) is 1. The molecule has 0 bridgehead atoms. The Bertz CT molecular complexity index is 804. The van der Waals surface area contributed by atoms with Crippen LogP contribution in [0, 0.1) is 5.82 Å². The summed E-state index contributed by atoms with van der Waals surface area (Å²) in [5.41, 5.74) is 6.01. The van der Waals surface area contributed by atoms with Crippen molar-refractivity contribution in [2.24, 2.45) is 0 Å². The molecule has 2 aromatic carbocycles. The Hall–Kier alpha value is -2.41. The van der Waals surface area contributed by atoms with Crippen molar-refractivity contribution in [1.82, 2.24) is 0 Å². The molecule has 21 heavy (non-hydrogen) atoms. The van der Waals surface area contributed by atoms with Gasteiger partial charge in [-0.3, -0.25) is 4.79 Å².